The molecule has 0 bridgehead atoms. The highest BCUT2D eigenvalue weighted by atomic mass is 16.3. The van der Waals surface area contributed by atoms with Gasteiger partial charge in [0.25, 0.3) is 0 Å². The molecule has 0 saturated heterocycles. The summed E-state index contributed by atoms with van der Waals surface area (Å²) in [5.74, 6) is 2.39. The maximum absolute atomic E-state index is 12.3. The first-order valence-electron chi connectivity index (χ1n) is 9.39. The van der Waals surface area contributed by atoms with Crippen LogP contribution in [0.1, 0.15) is 49.9 Å². The number of nitrogens with one attached hydrogen (secondary N) is 1. The molecule has 0 aliphatic carbocycles. The van der Waals surface area contributed by atoms with Gasteiger partial charge in [0.1, 0.15) is 17.8 Å². The molecule has 0 saturated carbocycles. The van der Waals surface area contributed by atoms with Gasteiger partial charge in [-0.05, 0) is 32.4 Å². The molecular formula is C21H26N4O2. The average Bonchev–Trinajstić information content (AvgIpc) is 3.30. The zero-order valence-corrected chi connectivity index (χ0v) is 16.1. The van der Waals surface area contributed by atoms with E-state index >= 15 is 0 Å². The molecule has 2 aromatic heterocycles. The van der Waals surface area contributed by atoms with Crippen LogP contribution in [0.25, 0.3) is 11.3 Å². The van der Waals surface area contributed by atoms with E-state index in [0.717, 1.165) is 35.9 Å². The number of carbonyl (C=O) groups excluding carboxylic acids is 1. The monoisotopic (exact) mass is 366 g/mol. The topological polar surface area (TPSA) is 73.0 Å². The van der Waals surface area contributed by atoms with Crippen molar-refractivity contribution < 1.29 is 9.21 Å². The summed E-state index contributed by atoms with van der Waals surface area (Å²) in [5.41, 5.74) is 2.26. The standard InChI is InChI=1S/C21H26N4O2/c1-4-13-25-14-22-24-21(25)16(3)23-20(26)12-10-18-9-11-19(27-18)17-7-5-15(2)6-8-17/h5-9,11,14,16H,4,10,12-13H2,1-3H3,(H,23,26)/t16-/m1/s1. The summed E-state index contributed by atoms with van der Waals surface area (Å²) in [7, 11) is 0. The Kier molecular flexibility index (Phi) is 6.06. The van der Waals surface area contributed by atoms with Crippen molar-refractivity contribution in [1.82, 2.24) is 20.1 Å². The van der Waals surface area contributed by atoms with Crippen molar-refractivity contribution in [2.75, 3.05) is 0 Å². The molecule has 6 nitrogen and oxygen atoms in total. The Labute approximate surface area is 159 Å². The maximum Gasteiger partial charge on any atom is 0.221 e. The first kappa shape index (κ1) is 18.9. The molecule has 2 heterocycles. The van der Waals surface area contributed by atoms with Gasteiger partial charge in [0.05, 0.1) is 6.04 Å². The Morgan fingerprint density at radius 1 is 1.22 bits per heavy atom. The average molecular weight is 366 g/mol. The molecule has 0 unspecified atom stereocenters. The number of nitrogens with zero attached hydrogens (tertiary/aromatic N) is 3. The lowest BCUT2D eigenvalue weighted by Crippen LogP contribution is -2.28. The van der Waals surface area contributed by atoms with Gasteiger partial charge in [-0.3, -0.25) is 4.79 Å². The van der Waals surface area contributed by atoms with E-state index in [1.165, 1.54) is 5.56 Å². The molecule has 3 aromatic rings. The second-order valence-electron chi connectivity index (χ2n) is 6.80. The summed E-state index contributed by atoms with van der Waals surface area (Å²) in [6, 6.07) is 11.9. The highest BCUT2D eigenvalue weighted by molar-refractivity contribution is 5.76. The first-order chi connectivity index (χ1) is 13.1. The molecule has 0 radical (unpaired) electrons. The van der Waals surface area contributed by atoms with E-state index in [0.29, 0.717) is 12.8 Å². The number of hydrogen-bond donors (Lipinski definition) is 1. The van der Waals surface area contributed by atoms with Crippen LogP contribution >= 0.6 is 0 Å². The van der Waals surface area contributed by atoms with Crippen LogP contribution < -0.4 is 5.32 Å². The fraction of sp³-hybridized carbons (Fsp3) is 0.381. The van der Waals surface area contributed by atoms with Gasteiger partial charge in [-0.1, -0.05) is 36.8 Å². The Morgan fingerprint density at radius 3 is 2.74 bits per heavy atom. The minimum absolute atomic E-state index is 0.0261. The molecule has 1 aromatic carbocycles. The van der Waals surface area contributed by atoms with Gasteiger partial charge in [-0.2, -0.15) is 0 Å². The molecule has 3 rings (SSSR count). The second-order valence-corrected chi connectivity index (χ2v) is 6.80. The zero-order chi connectivity index (χ0) is 19.2. The summed E-state index contributed by atoms with van der Waals surface area (Å²) >= 11 is 0. The van der Waals surface area contributed by atoms with E-state index in [2.05, 4.69) is 41.5 Å². The molecule has 1 atom stereocenters. The quantitative estimate of drug-likeness (QED) is 0.652. The predicted molar refractivity (Wildman–Crippen MR) is 104 cm³/mol. The van der Waals surface area contributed by atoms with Crippen molar-refractivity contribution in [3.05, 3.63) is 59.9 Å². The Hall–Kier alpha value is -2.89. The second kappa shape index (κ2) is 8.66. The first-order valence-corrected chi connectivity index (χ1v) is 9.39. The summed E-state index contributed by atoms with van der Waals surface area (Å²) in [5, 5.41) is 11.1. The van der Waals surface area contributed by atoms with Crippen LogP contribution in [0.2, 0.25) is 0 Å². The van der Waals surface area contributed by atoms with Crippen LogP contribution in [0, 0.1) is 6.92 Å². The van der Waals surface area contributed by atoms with Gasteiger partial charge >= 0.3 is 0 Å². The van der Waals surface area contributed by atoms with Gasteiger partial charge in [0, 0.05) is 24.9 Å². The van der Waals surface area contributed by atoms with Gasteiger partial charge < -0.3 is 14.3 Å². The van der Waals surface area contributed by atoms with E-state index < -0.39 is 0 Å². The number of furan rings is 1. The Bertz CT molecular complexity index is 880. The van der Waals surface area contributed by atoms with Crippen LogP contribution in [0.3, 0.4) is 0 Å². The third kappa shape index (κ3) is 4.84. The fourth-order valence-corrected chi connectivity index (χ4v) is 3.01. The van der Waals surface area contributed by atoms with Gasteiger partial charge in [-0.25, -0.2) is 0 Å². The van der Waals surface area contributed by atoms with Crippen molar-refractivity contribution >= 4 is 5.91 Å². The molecular weight excluding hydrogens is 340 g/mol. The lowest BCUT2D eigenvalue weighted by molar-refractivity contribution is -0.121. The van der Waals surface area contributed by atoms with Gasteiger partial charge in [-0.15, -0.1) is 10.2 Å². The summed E-state index contributed by atoms with van der Waals surface area (Å²) in [6.45, 7) is 6.93. The van der Waals surface area contributed by atoms with Crippen LogP contribution in [0.5, 0.6) is 0 Å². The third-order valence-corrected chi connectivity index (χ3v) is 4.47. The smallest absolute Gasteiger partial charge is 0.221 e. The Balaban J connectivity index is 1.53. The highest BCUT2D eigenvalue weighted by Crippen LogP contribution is 2.23. The van der Waals surface area contributed by atoms with Crippen molar-refractivity contribution in [3.63, 3.8) is 0 Å². The number of amides is 1. The van der Waals surface area contributed by atoms with E-state index in [4.69, 9.17) is 4.42 Å². The lowest BCUT2D eigenvalue weighted by atomic mass is 10.1. The molecule has 0 spiro atoms. The van der Waals surface area contributed by atoms with Gasteiger partial charge in [0.15, 0.2) is 5.82 Å². The molecule has 0 aliphatic heterocycles. The number of rotatable bonds is 8. The van der Waals surface area contributed by atoms with Crippen molar-refractivity contribution in [3.8, 4) is 11.3 Å². The predicted octanol–water partition coefficient (Wildman–Crippen LogP) is 4.07. The highest BCUT2D eigenvalue weighted by Gasteiger charge is 2.16. The molecule has 27 heavy (non-hydrogen) atoms. The van der Waals surface area contributed by atoms with Crippen molar-refractivity contribution in [2.24, 2.45) is 0 Å². The number of aryl methyl sites for hydroxylation is 3. The minimum Gasteiger partial charge on any atom is -0.461 e. The van der Waals surface area contributed by atoms with Crippen LogP contribution in [-0.2, 0) is 17.8 Å². The molecule has 0 fully saturated rings. The minimum atomic E-state index is -0.175. The molecule has 1 amide bonds. The Morgan fingerprint density at radius 2 is 2.00 bits per heavy atom. The number of benzene rings is 1. The zero-order valence-electron chi connectivity index (χ0n) is 16.1. The molecule has 0 aliphatic rings. The van der Waals surface area contributed by atoms with E-state index in [9.17, 15) is 4.79 Å². The molecule has 1 N–H and O–H groups in total. The number of carbonyl (C=O) groups is 1. The lowest BCUT2D eigenvalue weighted by Gasteiger charge is -2.14. The van der Waals surface area contributed by atoms with Crippen LogP contribution in [0.15, 0.2) is 47.1 Å². The van der Waals surface area contributed by atoms with Crippen molar-refractivity contribution in [1.29, 1.82) is 0 Å². The van der Waals surface area contributed by atoms with Crippen molar-refractivity contribution in [2.45, 2.75) is 52.6 Å². The maximum atomic E-state index is 12.3. The number of aromatic nitrogens is 3. The van der Waals surface area contributed by atoms with E-state index in [-0.39, 0.29) is 11.9 Å². The normalized spacial score (nSPS) is 12.1. The summed E-state index contributed by atoms with van der Waals surface area (Å²) < 4.78 is 7.86. The van der Waals surface area contributed by atoms with Crippen LogP contribution in [0.4, 0.5) is 0 Å². The van der Waals surface area contributed by atoms with E-state index in [1.807, 2.05) is 35.8 Å². The van der Waals surface area contributed by atoms with Crippen LogP contribution in [-0.4, -0.2) is 20.7 Å². The largest absolute Gasteiger partial charge is 0.461 e. The molecule has 142 valence electrons. The SMILES string of the molecule is CCCn1cnnc1[C@@H](C)NC(=O)CCc1ccc(-c2ccc(C)cc2)o1. The number of hydrogen-bond acceptors (Lipinski definition) is 4. The van der Waals surface area contributed by atoms with Gasteiger partial charge in [0.2, 0.25) is 5.91 Å². The van der Waals surface area contributed by atoms with E-state index in [1.54, 1.807) is 6.33 Å². The third-order valence-electron chi connectivity index (χ3n) is 4.47. The fourth-order valence-electron chi connectivity index (χ4n) is 3.01. The molecule has 6 heteroatoms. The summed E-state index contributed by atoms with van der Waals surface area (Å²) in [4.78, 5) is 12.3. The summed E-state index contributed by atoms with van der Waals surface area (Å²) in [6.07, 6.45) is 3.63.